The second-order valence-electron chi connectivity index (χ2n) is 8.45. The van der Waals surface area contributed by atoms with Gasteiger partial charge >= 0.3 is 0 Å². The Morgan fingerprint density at radius 1 is 1.08 bits per heavy atom. The van der Waals surface area contributed by atoms with Crippen LogP contribution in [0.5, 0.6) is 17.2 Å². The minimum absolute atomic E-state index is 0.00761. The molecule has 13 heteroatoms. The number of carbonyl (C=O) groups is 1. The van der Waals surface area contributed by atoms with Crippen molar-refractivity contribution in [3.63, 3.8) is 0 Å². The molecule has 0 bridgehead atoms. The molecule has 1 aliphatic rings. The van der Waals surface area contributed by atoms with E-state index in [0.717, 1.165) is 16.8 Å². The highest BCUT2D eigenvalue weighted by atomic mass is 32.2. The maximum absolute atomic E-state index is 13.3. The van der Waals surface area contributed by atoms with Crippen LogP contribution in [-0.4, -0.2) is 55.5 Å². The zero-order valence-corrected chi connectivity index (χ0v) is 21.5. The molecule has 4 aromatic rings. The number of carbonyl (C=O) groups excluding carboxylic acids is 1. The number of methoxy groups -OCH3 is 3. The average Bonchev–Trinajstić information content (AvgIpc) is 3.58. The summed E-state index contributed by atoms with van der Waals surface area (Å²) >= 11 is 0. The fourth-order valence-corrected chi connectivity index (χ4v) is 5.74. The Morgan fingerprint density at radius 2 is 1.78 bits per heavy atom. The molecule has 12 nitrogen and oxygen atoms in total. The number of nitrogens with one attached hydrogen (secondary N) is 1. The first-order chi connectivity index (χ1) is 17.7. The molecule has 0 unspecified atom stereocenters. The SMILES string of the molecule is COc1cccc(OC)c1S(=O)(=O)Nc1noc2cc(Cn3ncc4c3CN(C(C)=O)C4)cc(OC)c12. The van der Waals surface area contributed by atoms with E-state index in [0.29, 0.717) is 36.4 Å². The number of ether oxygens (including phenoxy) is 3. The smallest absolute Gasteiger partial charge is 0.270 e. The van der Waals surface area contributed by atoms with E-state index in [1.54, 1.807) is 36.2 Å². The Kier molecular flexibility index (Phi) is 6.15. The molecule has 194 valence electrons. The summed E-state index contributed by atoms with van der Waals surface area (Å²) in [6.07, 6.45) is 1.77. The van der Waals surface area contributed by atoms with Crippen LogP contribution in [0.1, 0.15) is 23.7 Å². The van der Waals surface area contributed by atoms with Gasteiger partial charge in [-0.1, -0.05) is 11.2 Å². The zero-order chi connectivity index (χ0) is 26.3. The first-order valence-electron chi connectivity index (χ1n) is 11.2. The Bertz CT molecular complexity index is 1590. The van der Waals surface area contributed by atoms with E-state index in [9.17, 15) is 13.2 Å². The molecular weight excluding hydrogens is 502 g/mol. The Hall–Kier alpha value is -4.26. The minimum Gasteiger partial charge on any atom is -0.496 e. The molecule has 37 heavy (non-hydrogen) atoms. The molecule has 2 aromatic heterocycles. The second kappa shape index (κ2) is 9.32. The third-order valence-electron chi connectivity index (χ3n) is 6.21. The van der Waals surface area contributed by atoms with Crippen molar-refractivity contribution in [2.75, 3.05) is 26.1 Å². The third kappa shape index (κ3) is 4.31. The van der Waals surface area contributed by atoms with E-state index in [4.69, 9.17) is 18.7 Å². The summed E-state index contributed by atoms with van der Waals surface area (Å²) < 4.78 is 52.5. The molecule has 1 aliphatic heterocycles. The van der Waals surface area contributed by atoms with Gasteiger partial charge in [0.05, 0.1) is 46.3 Å². The minimum atomic E-state index is -4.18. The molecule has 3 heterocycles. The zero-order valence-electron chi connectivity index (χ0n) is 20.6. The van der Waals surface area contributed by atoms with Crippen LogP contribution in [-0.2, 0) is 34.5 Å². The molecular formula is C24H25N5O7S. The molecule has 2 aromatic carbocycles. The van der Waals surface area contributed by atoms with Gasteiger partial charge in [-0.25, -0.2) is 8.42 Å². The molecule has 1 amide bonds. The van der Waals surface area contributed by atoms with Gasteiger partial charge in [0.1, 0.15) is 22.6 Å². The van der Waals surface area contributed by atoms with Gasteiger partial charge in [0.25, 0.3) is 10.0 Å². The molecule has 1 N–H and O–H groups in total. The van der Waals surface area contributed by atoms with Gasteiger partial charge in [0.2, 0.25) is 5.91 Å². The van der Waals surface area contributed by atoms with Crippen LogP contribution >= 0.6 is 0 Å². The second-order valence-corrected chi connectivity index (χ2v) is 10.1. The van der Waals surface area contributed by atoms with Crippen molar-refractivity contribution in [3.05, 3.63) is 53.3 Å². The summed E-state index contributed by atoms with van der Waals surface area (Å²) in [7, 11) is 0.0388. The van der Waals surface area contributed by atoms with Crippen LogP contribution in [0.2, 0.25) is 0 Å². The number of anilines is 1. The fraction of sp³-hybridized carbons (Fsp3) is 0.292. The van der Waals surface area contributed by atoms with Crippen molar-refractivity contribution in [1.29, 1.82) is 0 Å². The Labute approximate surface area is 212 Å². The Morgan fingerprint density at radius 3 is 2.43 bits per heavy atom. The highest BCUT2D eigenvalue weighted by Crippen LogP contribution is 2.38. The summed E-state index contributed by atoms with van der Waals surface area (Å²) in [5.41, 5.74) is 3.10. The van der Waals surface area contributed by atoms with Gasteiger partial charge in [0.15, 0.2) is 16.3 Å². The summed E-state index contributed by atoms with van der Waals surface area (Å²) in [4.78, 5) is 13.4. The van der Waals surface area contributed by atoms with Crippen LogP contribution < -0.4 is 18.9 Å². The van der Waals surface area contributed by atoms with Crippen LogP contribution in [0.4, 0.5) is 5.82 Å². The van der Waals surface area contributed by atoms with Crippen molar-refractivity contribution >= 4 is 32.7 Å². The number of aromatic nitrogens is 3. The van der Waals surface area contributed by atoms with Crippen LogP contribution in [0, 0.1) is 0 Å². The molecule has 0 radical (unpaired) electrons. The largest absolute Gasteiger partial charge is 0.496 e. The number of nitrogens with zero attached hydrogens (tertiary/aromatic N) is 4. The first-order valence-corrected chi connectivity index (χ1v) is 12.7. The van der Waals surface area contributed by atoms with E-state index >= 15 is 0 Å². The van der Waals surface area contributed by atoms with Crippen molar-refractivity contribution in [2.45, 2.75) is 31.5 Å². The standard InChI is InChI=1S/C24H25N5O7S/c1-14(30)28-12-16-10-25-29(17(16)13-28)11-15-8-20(35-4)22-21(9-15)36-26-24(22)27-37(31,32)23-18(33-2)6-5-7-19(23)34-3/h5-10H,11-13H2,1-4H3,(H,26,27). The van der Waals surface area contributed by atoms with Crippen molar-refractivity contribution < 1.29 is 31.9 Å². The Balaban J connectivity index is 1.48. The number of hydrogen-bond donors (Lipinski definition) is 1. The quantitative estimate of drug-likeness (QED) is 0.366. The molecule has 0 saturated carbocycles. The third-order valence-corrected chi connectivity index (χ3v) is 7.62. The van der Waals surface area contributed by atoms with Crippen LogP contribution in [0.15, 0.2) is 45.9 Å². The molecule has 0 saturated heterocycles. The summed E-state index contributed by atoms with van der Waals surface area (Å²) in [5, 5.41) is 8.77. The van der Waals surface area contributed by atoms with Gasteiger partial charge in [-0.05, 0) is 29.8 Å². The van der Waals surface area contributed by atoms with E-state index in [-0.39, 0.29) is 28.1 Å². The topological polar surface area (TPSA) is 138 Å². The van der Waals surface area contributed by atoms with Crippen molar-refractivity contribution in [2.24, 2.45) is 0 Å². The lowest BCUT2D eigenvalue weighted by atomic mass is 10.1. The first kappa shape index (κ1) is 24.4. The summed E-state index contributed by atoms with van der Waals surface area (Å²) in [6.45, 7) is 2.97. The van der Waals surface area contributed by atoms with E-state index < -0.39 is 10.0 Å². The van der Waals surface area contributed by atoms with Crippen molar-refractivity contribution in [3.8, 4) is 17.2 Å². The molecule has 0 aliphatic carbocycles. The number of amides is 1. The highest BCUT2D eigenvalue weighted by molar-refractivity contribution is 7.93. The number of hydrogen-bond acceptors (Lipinski definition) is 9. The van der Waals surface area contributed by atoms with Crippen LogP contribution in [0.25, 0.3) is 11.0 Å². The van der Waals surface area contributed by atoms with E-state index in [1.165, 1.54) is 33.5 Å². The van der Waals surface area contributed by atoms with E-state index in [1.807, 2.05) is 4.68 Å². The molecule has 0 spiro atoms. The number of fused-ring (bicyclic) bond motifs is 2. The predicted octanol–water partition coefficient (Wildman–Crippen LogP) is 2.76. The molecule has 5 rings (SSSR count). The van der Waals surface area contributed by atoms with Crippen molar-refractivity contribution in [1.82, 2.24) is 19.8 Å². The van der Waals surface area contributed by atoms with Gasteiger partial charge in [-0.15, -0.1) is 0 Å². The average molecular weight is 528 g/mol. The molecule has 0 fully saturated rings. The number of benzene rings is 2. The normalized spacial score (nSPS) is 13.0. The monoisotopic (exact) mass is 527 g/mol. The maximum atomic E-state index is 13.3. The van der Waals surface area contributed by atoms with Gasteiger partial charge in [-0.3, -0.25) is 14.2 Å². The lowest BCUT2D eigenvalue weighted by Gasteiger charge is -2.14. The van der Waals surface area contributed by atoms with Gasteiger partial charge in [0, 0.05) is 19.0 Å². The number of sulfonamides is 1. The van der Waals surface area contributed by atoms with Gasteiger partial charge in [-0.2, -0.15) is 5.10 Å². The fourth-order valence-electron chi connectivity index (χ4n) is 4.41. The summed E-state index contributed by atoms with van der Waals surface area (Å²) in [6, 6.07) is 8.18. The predicted molar refractivity (Wildman–Crippen MR) is 132 cm³/mol. The molecule has 0 atom stereocenters. The van der Waals surface area contributed by atoms with E-state index in [2.05, 4.69) is 15.0 Å². The maximum Gasteiger partial charge on any atom is 0.270 e. The van der Waals surface area contributed by atoms with Crippen LogP contribution in [0.3, 0.4) is 0 Å². The van der Waals surface area contributed by atoms with Gasteiger partial charge < -0.3 is 23.6 Å². The summed E-state index contributed by atoms with van der Waals surface area (Å²) in [5.74, 6) is 0.567. The number of rotatable bonds is 8. The highest BCUT2D eigenvalue weighted by Gasteiger charge is 2.29. The lowest BCUT2D eigenvalue weighted by molar-refractivity contribution is -0.129. The lowest BCUT2D eigenvalue weighted by Crippen LogP contribution is -2.23.